The van der Waals surface area contributed by atoms with Gasteiger partial charge in [0.15, 0.2) is 0 Å². The van der Waals surface area contributed by atoms with Crippen LogP contribution in [0.15, 0.2) is 18.5 Å². The lowest BCUT2D eigenvalue weighted by Crippen LogP contribution is -2.02. The summed E-state index contributed by atoms with van der Waals surface area (Å²) in [5.74, 6) is -1.20. The monoisotopic (exact) mass is 207 g/mol. The molecule has 0 N–H and O–H groups in total. The van der Waals surface area contributed by atoms with Crippen LogP contribution in [0.2, 0.25) is 0 Å². The number of aromatic nitrogens is 1. The van der Waals surface area contributed by atoms with Crippen molar-refractivity contribution in [2.45, 2.75) is 6.42 Å². The summed E-state index contributed by atoms with van der Waals surface area (Å²) in [4.78, 5) is 3.49. The van der Waals surface area contributed by atoms with E-state index in [1.54, 1.807) is 0 Å². The highest BCUT2D eigenvalue weighted by atomic mass is 32.3. The van der Waals surface area contributed by atoms with Crippen LogP contribution in [0.3, 0.4) is 0 Å². The Bertz CT molecular complexity index is 391. The fraction of sp³-hybridized carbons (Fsp3) is 0.286. The maximum absolute atomic E-state index is 12.5. The minimum atomic E-state index is -4.49. The van der Waals surface area contributed by atoms with Crippen LogP contribution >= 0.6 is 0 Å². The predicted octanol–water partition coefficient (Wildman–Crippen LogP) is 1.06. The second-order valence-corrected chi connectivity index (χ2v) is 3.99. The van der Waals surface area contributed by atoms with E-state index in [0.717, 1.165) is 12.3 Å². The van der Waals surface area contributed by atoms with Gasteiger partial charge in [0.25, 0.3) is 0 Å². The Morgan fingerprint density at radius 2 is 2.08 bits per heavy atom. The van der Waals surface area contributed by atoms with Crippen LogP contribution in [-0.2, 0) is 16.6 Å². The van der Waals surface area contributed by atoms with E-state index in [-0.39, 0.29) is 6.42 Å². The van der Waals surface area contributed by atoms with Gasteiger partial charge in [-0.25, -0.2) is 4.39 Å². The molecular formula is C7H7F2NO2S. The van der Waals surface area contributed by atoms with Crippen molar-refractivity contribution >= 4 is 10.2 Å². The lowest BCUT2D eigenvalue weighted by atomic mass is 10.2. The van der Waals surface area contributed by atoms with Crippen LogP contribution in [0.25, 0.3) is 0 Å². The number of aryl methyl sites for hydroxylation is 1. The number of halogens is 2. The SMILES string of the molecule is O=S(=O)(F)CCc1cncc(F)c1. The number of pyridine rings is 1. The molecule has 0 amide bonds. The van der Waals surface area contributed by atoms with Crippen molar-refractivity contribution in [3.05, 3.63) is 29.8 Å². The maximum Gasteiger partial charge on any atom is 0.302 e. The number of hydrogen-bond acceptors (Lipinski definition) is 3. The fourth-order valence-corrected chi connectivity index (χ4v) is 1.31. The summed E-state index contributed by atoms with van der Waals surface area (Å²) in [5, 5.41) is 0. The highest BCUT2D eigenvalue weighted by Crippen LogP contribution is 2.04. The van der Waals surface area contributed by atoms with E-state index < -0.39 is 21.8 Å². The molecule has 0 aliphatic rings. The number of nitrogens with zero attached hydrogens (tertiary/aromatic N) is 1. The molecule has 0 radical (unpaired) electrons. The third-order valence-electron chi connectivity index (χ3n) is 1.40. The van der Waals surface area contributed by atoms with Crippen molar-refractivity contribution in [1.82, 2.24) is 4.98 Å². The van der Waals surface area contributed by atoms with Crippen molar-refractivity contribution in [3.8, 4) is 0 Å². The van der Waals surface area contributed by atoms with Crippen LogP contribution in [0, 0.1) is 5.82 Å². The number of hydrogen-bond donors (Lipinski definition) is 0. The van der Waals surface area contributed by atoms with E-state index in [2.05, 4.69) is 4.98 Å². The van der Waals surface area contributed by atoms with Gasteiger partial charge in [0.05, 0.1) is 11.9 Å². The average molecular weight is 207 g/mol. The first kappa shape index (κ1) is 10.0. The Kier molecular flexibility index (Phi) is 2.92. The minimum Gasteiger partial charge on any atom is -0.261 e. The minimum absolute atomic E-state index is 0.0659. The Balaban J connectivity index is 2.65. The quantitative estimate of drug-likeness (QED) is 0.696. The molecule has 1 heterocycles. The molecule has 13 heavy (non-hydrogen) atoms. The van der Waals surface area contributed by atoms with Crippen molar-refractivity contribution in [3.63, 3.8) is 0 Å². The highest BCUT2D eigenvalue weighted by Gasteiger charge is 2.07. The third-order valence-corrected chi connectivity index (χ3v) is 2.09. The molecule has 0 saturated carbocycles. The number of rotatable bonds is 3. The van der Waals surface area contributed by atoms with Crippen LogP contribution in [0.4, 0.5) is 8.28 Å². The first-order valence-corrected chi connectivity index (χ1v) is 5.04. The van der Waals surface area contributed by atoms with Crippen molar-refractivity contribution < 1.29 is 16.7 Å². The lowest BCUT2D eigenvalue weighted by Gasteiger charge is -1.96. The smallest absolute Gasteiger partial charge is 0.261 e. The van der Waals surface area contributed by atoms with Gasteiger partial charge in [-0.2, -0.15) is 8.42 Å². The molecule has 1 aromatic heterocycles. The van der Waals surface area contributed by atoms with Gasteiger partial charge in [0.1, 0.15) is 5.82 Å². The van der Waals surface area contributed by atoms with E-state index in [9.17, 15) is 16.7 Å². The van der Waals surface area contributed by atoms with Crippen LogP contribution < -0.4 is 0 Å². The molecule has 0 bridgehead atoms. The summed E-state index contributed by atoms with van der Waals surface area (Å²) in [6.45, 7) is 0. The second kappa shape index (κ2) is 3.78. The molecule has 0 aliphatic heterocycles. The van der Waals surface area contributed by atoms with Gasteiger partial charge in [-0.05, 0) is 18.1 Å². The zero-order chi connectivity index (χ0) is 9.90. The van der Waals surface area contributed by atoms with Crippen LogP contribution in [-0.4, -0.2) is 19.2 Å². The summed E-state index contributed by atoms with van der Waals surface area (Å²) in [6, 6.07) is 1.12. The topological polar surface area (TPSA) is 47.0 Å². The Labute approximate surface area is 74.6 Å². The molecule has 0 atom stereocenters. The Morgan fingerprint density at radius 3 is 2.62 bits per heavy atom. The Morgan fingerprint density at radius 1 is 1.38 bits per heavy atom. The average Bonchev–Trinajstić information content (AvgIpc) is 2.00. The van der Waals surface area contributed by atoms with E-state index in [0.29, 0.717) is 5.56 Å². The standard InChI is InChI=1S/C7H7F2NO2S/c8-7-3-6(4-10-5-7)1-2-13(9,11)12/h3-5H,1-2H2. The zero-order valence-corrected chi connectivity index (χ0v) is 7.39. The molecule has 0 fully saturated rings. The normalized spacial score (nSPS) is 11.5. The maximum atomic E-state index is 12.5. The van der Waals surface area contributed by atoms with Crippen molar-refractivity contribution in [2.24, 2.45) is 0 Å². The van der Waals surface area contributed by atoms with Gasteiger partial charge in [-0.15, -0.1) is 3.89 Å². The van der Waals surface area contributed by atoms with Crippen LogP contribution in [0.5, 0.6) is 0 Å². The molecule has 0 unspecified atom stereocenters. The van der Waals surface area contributed by atoms with Crippen molar-refractivity contribution in [2.75, 3.05) is 5.75 Å². The molecule has 6 heteroatoms. The van der Waals surface area contributed by atoms with Gasteiger partial charge in [-0.1, -0.05) is 0 Å². The second-order valence-electron chi connectivity index (χ2n) is 2.50. The highest BCUT2D eigenvalue weighted by molar-refractivity contribution is 7.86. The summed E-state index contributed by atoms with van der Waals surface area (Å²) in [5.41, 5.74) is 0.362. The molecule has 1 rings (SSSR count). The first-order chi connectivity index (χ1) is 5.97. The summed E-state index contributed by atoms with van der Waals surface area (Å²) >= 11 is 0. The molecule has 1 aromatic rings. The molecular weight excluding hydrogens is 200 g/mol. The molecule has 3 nitrogen and oxygen atoms in total. The summed E-state index contributed by atoms with van der Waals surface area (Å²) in [6.07, 6.45) is 2.23. The first-order valence-electron chi connectivity index (χ1n) is 3.49. The summed E-state index contributed by atoms with van der Waals surface area (Å²) in [7, 11) is -4.49. The molecule has 0 saturated heterocycles. The molecule has 0 aromatic carbocycles. The predicted molar refractivity (Wildman–Crippen MR) is 42.8 cm³/mol. The molecule has 72 valence electrons. The van der Waals surface area contributed by atoms with Gasteiger partial charge < -0.3 is 0 Å². The lowest BCUT2D eigenvalue weighted by molar-refractivity contribution is 0.551. The van der Waals surface area contributed by atoms with Gasteiger partial charge in [0.2, 0.25) is 0 Å². The van der Waals surface area contributed by atoms with E-state index in [1.165, 1.54) is 6.20 Å². The van der Waals surface area contributed by atoms with Gasteiger partial charge in [0, 0.05) is 6.20 Å². The van der Waals surface area contributed by atoms with Crippen LogP contribution in [0.1, 0.15) is 5.56 Å². The van der Waals surface area contributed by atoms with E-state index >= 15 is 0 Å². The van der Waals surface area contributed by atoms with E-state index in [1.807, 2.05) is 0 Å². The summed E-state index contributed by atoms with van der Waals surface area (Å²) < 4.78 is 44.7. The fourth-order valence-electron chi connectivity index (χ4n) is 0.832. The van der Waals surface area contributed by atoms with Gasteiger partial charge >= 0.3 is 10.2 Å². The van der Waals surface area contributed by atoms with Crippen molar-refractivity contribution in [1.29, 1.82) is 0 Å². The molecule has 0 aliphatic carbocycles. The van der Waals surface area contributed by atoms with E-state index in [4.69, 9.17) is 0 Å². The zero-order valence-electron chi connectivity index (χ0n) is 6.57. The third kappa shape index (κ3) is 3.93. The Hall–Kier alpha value is -1.04. The molecule has 0 spiro atoms. The largest absolute Gasteiger partial charge is 0.302 e. The van der Waals surface area contributed by atoms with Gasteiger partial charge in [-0.3, -0.25) is 4.98 Å².